The summed E-state index contributed by atoms with van der Waals surface area (Å²) < 4.78 is 6.03. The van der Waals surface area contributed by atoms with E-state index in [4.69, 9.17) is 4.74 Å². The third-order valence-electron chi connectivity index (χ3n) is 2.76. The highest BCUT2D eigenvalue weighted by molar-refractivity contribution is 4.80. The maximum absolute atomic E-state index is 6.03. The fraction of sp³-hybridized carbons (Fsp3) is 1.00. The average Bonchev–Trinajstić information content (AvgIpc) is 2.02. The van der Waals surface area contributed by atoms with Crippen LogP contribution >= 0.6 is 0 Å². The van der Waals surface area contributed by atoms with Gasteiger partial charge in [-0.15, -0.1) is 0 Å². The summed E-state index contributed by atoms with van der Waals surface area (Å²) in [4.78, 5) is 0. The molecule has 1 rings (SSSR count). The van der Waals surface area contributed by atoms with E-state index in [1.807, 2.05) is 0 Å². The summed E-state index contributed by atoms with van der Waals surface area (Å²) in [6.45, 7) is 9.87. The lowest BCUT2D eigenvalue weighted by molar-refractivity contribution is -0.0823. The highest BCUT2D eigenvalue weighted by Crippen LogP contribution is 2.32. The molecule has 0 radical (unpaired) electrons. The van der Waals surface area contributed by atoms with Crippen molar-refractivity contribution in [1.82, 2.24) is 0 Å². The molecule has 0 aliphatic heterocycles. The third kappa shape index (κ3) is 4.12. The van der Waals surface area contributed by atoms with Crippen LogP contribution in [0.2, 0.25) is 0 Å². The van der Waals surface area contributed by atoms with E-state index in [1.165, 1.54) is 32.1 Å². The molecule has 0 atom stereocenters. The number of hydrogen-bond acceptors (Lipinski definition) is 1. The molecule has 0 amide bonds. The Balaban J connectivity index is 2.33. The van der Waals surface area contributed by atoms with Crippen LogP contribution in [0.1, 0.15) is 59.8 Å². The molecule has 0 saturated heterocycles. The normalized spacial score (nSPS) is 23.1. The Hall–Kier alpha value is -0.0400. The summed E-state index contributed by atoms with van der Waals surface area (Å²) in [7, 11) is 0. The van der Waals surface area contributed by atoms with Gasteiger partial charge in [-0.2, -0.15) is 0 Å². The van der Waals surface area contributed by atoms with Crippen molar-refractivity contribution in [1.29, 1.82) is 0 Å². The van der Waals surface area contributed by atoms with Gasteiger partial charge in [0.15, 0.2) is 0 Å². The molecule has 0 spiro atoms. The molecule has 0 aromatic rings. The van der Waals surface area contributed by atoms with Gasteiger partial charge in [-0.1, -0.05) is 40.0 Å². The Kier molecular flexibility index (Phi) is 3.39. The molecule has 13 heavy (non-hydrogen) atoms. The Morgan fingerprint density at radius 2 is 1.62 bits per heavy atom. The minimum atomic E-state index is 0.186. The molecule has 0 heterocycles. The van der Waals surface area contributed by atoms with Crippen LogP contribution in [0, 0.1) is 5.41 Å². The average molecular weight is 184 g/mol. The molecular weight excluding hydrogens is 160 g/mol. The van der Waals surface area contributed by atoms with Gasteiger partial charge in [0.1, 0.15) is 0 Å². The molecule has 1 aliphatic carbocycles. The number of hydrogen-bond donors (Lipinski definition) is 0. The molecule has 0 bridgehead atoms. The van der Waals surface area contributed by atoms with Crippen LogP contribution < -0.4 is 0 Å². The largest absolute Gasteiger partial charge is 0.375 e. The molecule has 1 nitrogen and oxygen atoms in total. The van der Waals surface area contributed by atoms with Crippen molar-refractivity contribution in [3.63, 3.8) is 0 Å². The first-order valence-electron chi connectivity index (χ1n) is 5.55. The predicted octanol–water partition coefficient (Wildman–Crippen LogP) is 3.77. The van der Waals surface area contributed by atoms with Gasteiger partial charge in [0.25, 0.3) is 0 Å². The summed E-state index contributed by atoms with van der Waals surface area (Å²) in [6.07, 6.45) is 6.60. The van der Waals surface area contributed by atoms with Crippen molar-refractivity contribution in [3.05, 3.63) is 0 Å². The quantitative estimate of drug-likeness (QED) is 0.634. The Bertz CT molecular complexity index is 149. The number of rotatable bonds is 2. The lowest BCUT2D eigenvalue weighted by Gasteiger charge is -2.36. The van der Waals surface area contributed by atoms with Crippen molar-refractivity contribution in [2.24, 2.45) is 5.41 Å². The molecular formula is C12H24O. The molecule has 0 aromatic carbocycles. The Labute approximate surface area is 82.9 Å². The van der Waals surface area contributed by atoms with Crippen LogP contribution in [0.3, 0.4) is 0 Å². The summed E-state index contributed by atoms with van der Waals surface area (Å²) in [5.74, 6) is 0. The van der Waals surface area contributed by atoms with Crippen LogP contribution in [0.5, 0.6) is 0 Å². The van der Waals surface area contributed by atoms with E-state index in [-0.39, 0.29) is 5.60 Å². The first kappa shape index (κ1) is 11.0. The summed E-state index contributed by atoms with van der Waals surface area (Å²) in [5, 5.41) is 0. The second kappa shape index (κ2) is 4.00. The summed E-state index contributed by atoms with van der Waals surface area (Å²) in [5.41, 5.74) is 0.492. The van der Waals surface area contributed by atoms with Gasteiger partial charge < -0.3 is 4.74 Å². The van der Waals surface area contributed by atoms with E-state index in [1.54, 1.807) is 0 Å². The fourth-order valence-corrected chi connectivity index (χ4v) is 1.83. The Morgan fingerprint density at radius 3 is 2.08 bits per heavy atom. The Morgan fingerprint density at radius 1 is 1.08 bits per heavy atom. The van der Waals surface area contributed by atoms with Gasteiger partial charge in [0, 0.05) is 0 Å². The van der Waals surface area contributed by atoms with E-state index < -0.39 is 0 Å². The minimum absolute atomic E-state index is 0.186. The van der Waals surface area contributed by atoms with Crippen molar-refractivity contribution >= 4 is 0 Å². The van der Waals surface area contributed by atoms with Crippen LogP contribution in [0.25, 0.3) is 0 Å². The molecule has 1 fully saturated rings. The maximum Gasteiger partial charge on any atom is 0.0654 e. The fourth-order valence-electron chi connectivity index (χ4n) is 1.83. The zero-order valence-corrected chi connectivity index (χ0v) is 9.65. The van der Waals surface area contributed by atoms with Gasteiger partial charge in [0.2, 0.25) is 0 Å². The second-order valence-corrected chi connectivity index (χ2v) is 5.86. The first-order chi connectivity index (χ1) is 5.91. The van der Waals surface area contributed by atoms with E-state index in [0.717, 1.165) is 6.61 Å². The summed E-state index contributed by atoms with van der Waals surface area (Å²) >= 11 is 0. The molecule has 78 valence electrons. The van der Waals surface area contributed by atoms with E-state index >= 15 is 0 Å². The first-order valence-corrected chi connectivity index (χ1v) is 5.55. The smallest absolute Gasteiger partial charge is 0.0654 e. The monoisotopic (exact) mass is 184 g/mol. The maximum atomic E-state index is 6.03. The molecule has 0 aromatic heterocycles. The molecule has 1 aliphatic rings. The molecule has 1 saturated carbocycles. The zero-order chi connectivity index (χ0) is 9.95. The minimum Gasteiger partial charge on any atom is -0.375 e. The van der Waals surface area contributed by atoms with Crippen molar-refractivity contribution < 1.29 is 4.74 Å². The van der Waals surface area contributed by atoms with E-state index in [9.17, 15) is 0 Å². The number of ether oxygens (including phenoxy) is 1. The molecule has 1 heteroatoms. The van der Waals surface area contributed by atoms with Crippen molar-refractivity contribution in [2.45, 2.75) is 65.4 Å². The van der Waals surface area contributed by atoms with Crippen LogP contribution in [0.15, 0.2) is 0 Å². The van der Waals surface area contributed by atoms with Crippen LogP contribution in [-0.4, -0.2) is 12.2 Å². The second-order valence-electron chi connectivity index (χ2n) is 5.86. The predicted molar refractivity (Wildman–Crippen MR) is 56.9 cm³/mol. The van der Waals surface area contributed by atoms with Crippen LogP contribution in [-0.2, 0) is 4.74 Å². The topological polar surface area (TPSA) is 9.23 Å². The van der Waals surface area contributed by atoms with Gasteiger partial charge >= 0.3 is 0 Å². The summed E-state index contributed by atoms with van der Waals surface area (Å²) in [6, 6.07) is 0. The van der Waals surface area contributed by atoms with E-state index in [2.05, 4.69) is 27.7 Å². The van der Waals surface area contributed by atoms with Gasteiger partial charge in [-0.25, -0.2) is 0 Å². The molecule has 0 N–H and O–H groups in total. The van der Waals surface area contributed by atoms with Gasteiger partial charge in [-0.05, 0) is 25.2 Å². The lowest BCUT2D eigenvalue weighted by Crippen LogP contribution is -2.34. The molecule has 0 unspecified atom stereocenters. The van der Waals surface area contributed by atoms with Gasteiger partial charge in [0.05, 0.1) is 12.2 Å². The van der Waals surface area contributed by atoms with Gasteiger partial charge in [-0.3, -0.25) is 0 Å². The standard InChI is InChI=1S/C12H24O/c1-11(2,3)10-13-12(4)8-6-5-7-9-12/h5-10H2,1-4H3. The van der Waals surface area contributed by atoms with Crippen molar-refractivity contribution in [3.8, 4) is 0 Å². The third-order valence-corrected chi connectivity index (χ3v) is 2.76. The highest BCUT2D eigenvalue weighted by atomic mass is 16.5. The van der Waals surface area contributed by atoms with Crippen LogP contribution in [0.4, 0.5) is 0 Å². The van der Waals surface area contributed by atoms with E-state index in [0.29, 0.717) is 5.41 Å². The zero-order valence-electron chi connectivity index (χ0n) is 9.65. The highest BCUT2D eigenvalue weighted by Gasteiger charge is 2.28. The SMILES string of the molecule is CC(C)(C)COC1(C)CCCCC1. The lowest BCUT2D eigenvalue weighted by atomic mass is 9.86. The van der Waals surface area contributed by atoms with Crippen molar-refractivity contribution in [2.75, 3.05) is 6.61 Å².